The van der Waals surface area contributed by atoms with Crippen LogP contribution in [0.25, 0.3) is 0 Å². The Labute approximate surface area is 210 Å². The molecule has 0 aromatic carbocycles. The van der Waals surface area contributed by atoms with Gasteiger partial charge in [0.2, 0.25) is 5.95 Å². The molecule has 3 fully saturated rings. The molecule has 194 valence electrons. The van der Waals surface area contributed by atoms with Gasteiger partial charge in [-0.3, -0.25) is 10.2 Å². The van der Waals surface area contributed by atoms with Gasteiger partial charge in [0.15, 0.2) is 5.60 Å². The fourth-order valence-corrected chi connectivity index (χ4v) is 4.81. The van der Waals surface area contributed by atoms with Crippen LogP contribution in [-0.4, -0.2) is 78.1 Å². The minimum atomic E-state index is -0.966. The molecule has 0 aliphatic carbocycles. The van der Waals surface area contributed by atoms with Gasteiger partial charge >= 0.3 is 0 Å². The highest BCUT2D eigenvalue weighted by Crippen LogP contribution is 2.30. The van der Waals surface area contributed by atoms with Crippen molar-refractivity contribution in [1.29, 1.82) is 0 Å². The van der Waals surface area contributed by atoms with E-state index in [0.717, 1.165) is 29.3 Å². The largest absolute Gasteiger partial charge is 0.365 e. The lowest BCUT2D eigenvalue weighted by molar-refractivity contribution is -0.146. The molecule has 4 N–H and O–H groups in total. The van der Waals surface area contributed by atoms with Crippen LogP contribution in [-0.2, 0) is 16.1 Å². The molecule has 2 unspecified atom stereocenters. The number of carbonyl (C=O) groups excluding carboxylic acids is 1. The number of hydrazine groups is 1. The lowest BCUT2D eigenvalue weighted by Crippen LogP contribution is -2.70. The SMILES string of the molecule is COC1(C(=O)NCc2ccc(N3CC[C@@H](F)C3)nc2)CN(c2nc(C)cc(NC3CC(C)NN3)n2)C1. The molecule has 3 saturated heterocycles. The van der Waals surface area contributed by atoms with Gasteiger partial charge in [-0.2, -0.15) is 4.98 Å². The van der Waals surface area contributed by atoms with E-state index in [1.807, 2.05) is 34.9 Å². The van der Waals surface area contributed by atoms with Crippen LogP contribution >= 0.6 is 0 Å². The van der Waals surface area contributed by atoms with Crippen LogP contribution in [0.2, 0.25) is 0 Å². The zero-order valence-corrected chi connectivity index (χ0v) is 20.9. The van der Waals surface area contributed by atoms with Crippen LogP contribution in [0.1, 0.15) is 31.0 Å². The van der Waals surface area contributed by atoms with Crippen LogP contribution in [0.3, 0.4) is 0 Å². The third kappa shape index (κ3) is 5.20. The zero-order valence-electron chi connectivity index (χ0n) is 20.9. The number of ether oxygens (including phenoxy) is 1. The molecular weight excluding hydrogens is 465 g/mol. The van der Waals surface area contributed by atoms with E-state index in [9.17, 15) is 9.18 Å². The number of pyridine rings is 1. The average Bonchev–Trinajstić information content (AvgIpc) is 3.45. The minimum Gasteiger partial charge on any atom is -0.365 e. The zero-order chi connectivity index (χ0) is 25.3. The molecule has 0 bridgehead atoms. The lowest BCUT2D eigenvalue weighted by Gasteiger charge is -2.47. The Balaban J connectivity index is 1.16. The van der Waals surface area contributed by atoms with Crippen molar-refractivity contribution in [3.63, 3.8) is 0 Å². The first-order chi connectivity index (χ1) is 17.3. The number of alkyl halides is 1. The Morgan fingerprint density at radius 2 is 2.11 bits per heavy atom. The quantitative estimate of drug-likeness (QED) is 0.417. The fraction of sp³-hybridized carbons (Fsp3) is 0.583. The predicted octanol–water partition coefficient (Wildman–Crippen LogP) is 0.874. The summed E-state index contributed by atoms with van der Waals surface area (Å²) in [4.78, 5) is 30.6. The number of rotatable bonds is 8. The highest BCUT2D eigenvalue weighted by molar-refractivity contribution is 5.88. The van der Waals surface area contributed by atoms with Crippen molar-refractivity contribution in [3.05, 3.63) is 35.7 Å². The molecule has 0 saturated carbocycles. The van der Waals surface area contributed by atoms with Crippen molar-refractivity contribution in [2.75, 3.05) is 48.4 Å². The molecule has 3 aliphatic heterocycles. The van der Waals surface area contributed by atoms with Gasteiger partial charge in [0.25, 0.3) is 5.91 Å². The maximum atomic E-state index is 13.5. The van der Waals surface area contributed by atoms with Gasteiger partial charge in [0.1, 0.15) is 17.8 Å². The average molecular weight is 500 g/mol. The first-order valence-corrected chi connectivity index (χ1v) is 12.4. The number of amides is 1. The second kappa shape index (κ2) is 10.1. The van der Waals surface area contributed by atoms with E-state index in [-0.39, 0.29) is 12.1 Å². The number of hydrogen-bond donors (Lipinski definition) is 4. The number of nitrogens with zero attached hydrogens (tertiary/aromatic N) is 5. The van der Waals surface area contributed by atoms with Crippen molar-refractivity contribution in [2.24, 2.45) is 0 Å². The molecule has 0 spiro atoms. The van der Waals surface area contributed by atoms with Gasteiger partial charge in [-0.25, -0.2) is 19.8 Å². The predicted molar refractivity (Wildman–Crippen MR) is 134 cm³/mol. The second-order valence-corrected chi connectivity index (χ2v) is 9.91. The number of carbonyl (C=O) groups is 1. The summed E-state index contributed by atoms with van der Waals surface area (Å²) < 4.78 is 19.1. The van der Waals surface area contributed by atoms with E-state index < -0.39 is 11.8 Å². The second-order valence-electron chi connectivity index (χ2n) is 9.91. The summed E-state index contributed by atoms with van der Waals surface area (Å²) in [5.74, 6) is 1.87. The lowest BCUT2D eigenvalue weighted by atomic mass is 9.93. The van der Waals surface area contributed by atoms with Crippen LogP contribution in [0.4, 0.5) is 22.0 Å². The molecule has 36 heavy (non-hydrogen) atoms. The highest BCUT2D eigenvalue weighted by atomic mass is 19.1. The number of hydrogen-bond acceptors (Lipinski definition) is 10. The summed E-state index contributed by atoms with van der Waals surface area (Å²) >= 11 is 0. The van der Waals surface area contributed by atoms with Crippen molar-refractivity contribution in [2.45, 2.75) is 57.2 Å². The van der Waals surface area contributed by atoms with E-state index >= 15 is 0 Å². The summed E-state index contributed by atoms with van der Waals surface area (Å²) in [5, 5.41) is 6.35. The van der Waals surface area contributed by atoms with Gasteiger partial charge in [-0.05, 0) is 38.3 Å². The van der Waals surface area contributed by atoms with Gasteiger partial charge in [0.05, 0.1) is 25.8 Å². The third-order valence-corrected chi connectivity index (χ3v) is 6.95. The smallest absolute Gasteiger partial charge is 0.256 e. The van der Waals surface area contributed by atoms with Gasteiger partial charge in [0, 0.05) is 44.2 Å². The topological polar surface area (TPSA) is 120 Å². The number of anilines is 3. The summed E-state index contributed by atoms with van der Waals surface area (Å²) in [6.45, 7) is 6.14. The van der Waals surface area contributed by atoms with Gasteiger partial charge < -0.3 is 25.2 Å². The number of aryl methyl sites for hydroxylation is 1. The van der Waals surface area contributed by atoms with Crippen LogP contribution in [0.15, 0.2) is 24.4 Å². The standard InChI is InChI=1S/C24H34FN9O2/c1-15-8-19(29-20-9-16(2)31-32-20)30-23(28-15)34-13-24(14-34,36-3)22(35)27-11-17-4-5-21(26-10-17)33-7-6-18(25)12-33/h4-5,8,10,16,18,20,31-32H,6-7,9,11-14H2,1-3H3,(H,27,35)(H,28,29,30)/t16?,18-,20?/m1/s1. The molecule has 12 heteroatoms. The highest BCUT2D eigenvalue weighted by Gasteiger charge is 2.51. The van der Waals surface area contributed by atoms with E-state index in [4.69, 9.17) is 4.74 Å². The van der Waals surface area contributed by atoms with Crippen molar-refractivity contribution >= 4 is 23.5 Å². The van der Waals surface area contributed by atoms with E-state index in [1.165, 1.54) is 0 Å². The summed E-state index contributed by atoms with van der Waals surface area (Å²) in [6.07, 6.45) is 2.48. The van der Waals surface area contributed by atoms with Crippen molar-refractivity contribution in [3.8, 4) is 0 Å². The van der Waals surface area contributed by atoms with E-state index in [2.05, 4.69) is 43.4 Å². The summed E-state index contributed by atoms with van der Waals surface area (Å²) in [5.41, 5.74) is 7.14. The minimum absolute atomic E-state index is 0.0851. The third-order valence-electron chi connectivity index (χ3n) is 6.95. The first-order valence-electron chi connectivity index (χ1n) is 12.4. The monoisotopic (exact) mass is 499 g/mol. The Morgan fingerprint density at radius 3 is 2.75 bits per heavy atom. The molecule has 2 aromatic heterocycles. The Bertz CT molecular complexity index is 1080. The Morgan fingerprint density at radius 1 is 1.28 bits per heavy atom. The normalized spacial score (nSPS) is 25.1. The van der Waals surface area contributed by atoms with E-state index in [0.29, 0.717) is 51.1 Å². The summed E-state index contributed by atoms with van der Waals surface area (Å²) in [6, 6.07) is 6.06. The molecule has 3 atom stereocenters. The molecule has 11 nitrogen and oxygen atoms in total. The van der Waals surface area contributed by atoms with Crippen molar-refractivity contribution < 1.29 is 13.9 Å². The molecular formula is C24H34FN9O2. The Hall–Kier alpha value is -3.09. The first kappa shape index (κ1) is 24.6. The summed E-state index contributed by atoms with van der Waals surface area (Å²) in [7, 11) is 1.55. The Kier molecular flexibility index (Phi) is 6.91. The fourth-order valence-electron chi connectivity index (χ4n) is 4.81. The molecule has 3 aliphatic rings. The van der Waals surface area contributed by atoms with Crippen molar-refractivity contribution in [1.82, 2.24) is 31.1 Å². The maximum Gasteiger partial charge on any atom is 0.256 e. The van der Waals surface area contributed by atoms with Gasteiger partial charge in [-0.1, -0.05) is 6.07 Å². The van der Waals surface area contributed by atoms with Crippen LogP contribution in [0, 0.1) is 6.92 Å². The molecule has 5 rings (SSSR count). The van der Waals surface area contributed by atoms with Crippen LogP contribution in [0.5, 0.6) is 0 Å². The number of halogens is 1. The number of nitrogens with one attached hydrogen (secondary N) is 4. The number of aromatic nitrogens is 3. The van der Waals surface area contributed by atoms with Crippen LogP contribution < -0.4 is 31.3 Å². The maximum absolute atomic E-state index is 13.5. The molecule has 1 amide bonds. The molecule has 0 radical (unpaired) electrons. The van der Waals surface area contributed by atoms with Gasteiger partial charge in [-0.15, -0.1) is 0 Å². The molecule has 2 aromatic rings. The van der Waals surface area contributed by atoms with E-state index in [1.54, 1.807) is 13.3 Å². The molecule has 5 heterocycles. The number of methoxy groups -OCH3 is 1.